The van der Waals surface area contributed by atoms with Crippen molar-refractivity contribution in [2.45, 2.75) is 26.7 Å². The van der Waals surface area contributed by atoms with E-state index in [0.717, 1.165) is 32.5 Å². The number of unbranched alkanes of at least 4 members (excludes halogenated alkanes) is 1. The fourth-order valence-corrected chi connectivity index (χ4v) is 1.04. The van der Waals surface area contributed by atoms with Gasteiger partial charge in [0.25, 0.3) is 0 Å². The predicted molar refractivity (Wildman–Crippen MR) is 56.4 cm³/mol. The average Bonchev–Trinajstić information content (AvgIpc) is 2.11. The van der Waals surface area contributed by atoms with Gasteiger partial charge in [0, 0.05) is 6.54 Å². The van der Waals surface area contributed by atoms with Crippen LogP contribution in [0, 0.1) is 0 Å². The van der Waals surface area contributed by atoms with Crippen molar-refractivity contribution in [3.8, 4) is 0 Å². The standard InChI is InChI=1S/C11H21N/c1-4-7-8-9-10-11-12(5-2)6-3/h4,9-10H,1,5-8,11H2,2-3H3. The lowest BCUT2D eigenvalue weighted by Crippen LogP contribution is -2.22. The average molecular weight is 167 g/mol. The second kappa shape index (κ2) is 8.54. The second-order valence-corrected chi connectivity index (χ2v) is 2.82. The summed E-state index contributed by atoms with van der Waals surface area (Å²) in [4.78, 5) is 2.39. The van der Waals surface area contributed by atoms with Crippen LogP contribution in [0.2, 0.25) is 0 Å². The van der Waals surface area contributed by atoms with E-state index in [1.807, 2.05) is 6.08 Å². The number of nitrogens with zero attached hydrogens (tertiary/aromatic N) is 1. The molecule has 0 aromatic heterocycles. The zero-order valence-corrected chi connectivity index (χ0v) is 8.42. The summed E-state index contributed by atoms with van der Waals surface area (Å²) in [6.07, 6.45) is 8.66. The monoisotopic (exact) mass is 167 g/mol. The minimum absolute atomic E-state index is 1.09. The van der Waals surface area contributed by atoms with E-state index >= 15 is 0 Å². The SMILES string of the molecule is C=CCCC=CCN(CC)CC. The Morgan fingerprint density at radius 2 is 1.75 bits per heavy atom. The Balaban J connectivity index is 3.37. The van der Waals surface area contributed by atoms with Crippen molar-refractivity contribution in [1.82, 2.24) is 4.90 Å². The molecule has 0 amide bonds. The molecule has 0 saturated carbocycles. The van der Waals surface area contributed by atoms with Crippen LogP contribution in [-0.4, -0.2) is 24.5 Å². The van der Waals surface area contributed by atoms with Crippen LogP contribution in [0.5, 0.6) is 0 Å². The van der Waals surface area contributed by atoms with Crippen molar-refractivity contribution in [3.05, 3.63) is 24.8 Å². The maximum Gasteiger partial charge on any atom is 0.0162 e. The van der Waals surface area contributed by atoms with Crippen molar-refractivity contribution in [3.63, 3.8) is 0 Å². The van der Waals surface area contributed by atoms with Crippen LogP contribution in [0.3, 0.4) is 0 Å². The zero-order valence-electron chi connectivity index (χ0n) is 8.42. The van der Waals surface area contributed by atoms with Gasteiger partial charge in [-0.15, -0.1) is 6.58 Å². The summed E-state index contributed by atoms with van der Waals surface area (Å²) < 4.78 is 0. The summed E-state index contributed by atoms with van der Waals surface area (Å²) in [5, 5.41) is 0. The van der Waals surface area contributed by atoms with E-state index in [1.165, 1.54) is 0 Å². The molecule has 0 unspecified atom stereocenters. The molecule has 0 bridgehead atoms. The fourth-order valence-electron chi connectivity index (χ4n) is 1.04. The highest BCUT2D eigenvalue weighted by Gasteiger charge is 1.92. The minimum Gasteiger partial charge on any atom is -0.300 e. The lowest BCUT2D eigenvalue weighted by atomic mass is 10.3. The number of rotatable bonds is 7. The molecule has 0 spiro atoms. The quantitative estimate of drug-likeness (QED) is 0.416. The molecule has 0 aliphatic carbocycles. The first-order chi connectivity index (χ1) is 5.85. The van der Waals surface area contributed by atoms with Crippen molar-refractivity contribution >= 4 is 0 Å². The maximum absolute atomic E-state index is 3.68. The van der Waals surface area contributed by atoms with Gasteiger partial charge >= 0.3 is 0 Å². The molecule has 0 fully saturated rings. The summed E-state index contributed by atoms with van der Waals surface area (Å²) in [6.45, 7) is 11.4. The van der Waals surface area contributed by atoms with Gasteiger partial charge < -0.3 is 4.90 Å². The number of allylic oxidation sites excluding steroid dienone is 2. The molecule has 0 heterocycles. The Bertz CT molecular complexity index is 123. The molecule has 0 radical (unpaired) electrons. The number of likely N-dealkylation sites (N-methyl/N-ethyl adjacent to an activating group) is 1. The molecular formula is C11H21N. The Labute approximate surface area is 76.8 Å². The van der Waals surface area contributed by atoms with E-state index in [9.17, 15) is 0 Å². The summed E-state index contributed by atoms with van der Waals surface area (Å²) in [6, 6.07) is 0. The molecule has 12 heavy (non-hydrogen) atoms. The number of hydrogen-bond acceptors (Lipinski definition) is 1. The van der Waals surface area contributed by atoms with Crippen LogP contribution in [0.15, 0.2) is 24.8 Å². The smallest absolute Gasteiger partial charge is 0.0162 e. The molecule has 0 saturated heterocycles. The Hall–Kier alpha value is -0.560. The van der Waals surface area contributed by atoms with Crippen molar-refractivity contribution in [2.75, 3.05) is 19.6 Å². The van der Waals surface area contributed by atoms with Crippen LogP contribution in [0.25, 0.3) is 0 Å². The predicted octanol–water partition coefficient (Wildman–Crippen LogP) is 2.85. The largest absolute Gasteiger partial charge is 0.300 e. The van der Waals surface area contributed by atoms with E-state index in [0.29, 0.717) is 0 Å². The normalized spacial score (nSPS) is 11.2. The first-order valence-corrected chi connectivity index (χ1v) is 4.83. The van der Waals surface area contributed by atoms with Gasteiger partial charge in [-0.2, -0.15) is 0 Å². The first-order valence-electron chi connectivity index (χ1n) is 4.83. The minimum atomic E-state index is 1.09. The molecule has 70 valence electrons. The Morgan fingerprint density at radius 3 is 2.25 bits per heavy atom. The first kappa shape index (κ1) is 11.4. The van der Waals surface area contributed by atoms with Gasteiger partial charge in [-0.05, 0) is 25.9 Å². The third kappa shape index (κ3) is 6.17. The molecule has 0 aliphatic rings. The molecule has 1 heteroatoms. The van der Waals surface area contributed by atoms with E-state index in [4.69, 9.17) is 0 Å². The van der Waals surface area contributed by atoms with Gasteiger partial charge in [-0.1, -0.05) is 32.1 Å². The molecule has 0 N–H and O–H groups in total. The van der Waals surface area contributed by atoms with Crippen LogP contribution < -0.4 is 0 Å². The number of hydrogen-bond donors (Lipinski definition) is 0. The van der Waals surface area contributed by atoms with Crippen LogP contribution >= 0.6 is 0 Å². The van der Waals surface area contributed by atoms with Crippen molar-refractivity contribution < 1.29 is 0 Å². The van der Waals surface area contributed by atoms with Gasteiger partial charge in [0.1, 0.15) is 0 Å². The van der Waals surface area contributed by atoms with Gasteiger partial charge in [0.15, 0.2) is 0 Å². The Morgan fingerprint density at radius 1 is 1.08 bits per heavy atom. The highest BCUT2D eigenvalue weighted by molar-refractivity contribution is 4.86. The molecule has 0 aromatic carbocycles. The van der Waals surface area contributed by atoms with E-state index in [1.54, 1.807) is 0 Å². The van der Waals surface area contributed by atoms with Crippen molar-refractivity contribution in [2.24, 2.45) is 0 Å². The van der Waals surface area contributed by atoms with Gasteiger partial charge in [0.05, 0.1) is 0 Å². The summed E-state index contributed by atoms with van der Waals surface area (Å²) >= 11 is 0. The maximum atomic E-state index is 3.68. The topological polar surface area (TPSA) is 3.24 Å². The van der Waals surface area contributed by atoms with Gasteiger partial charge in [0.2, 0.25) is 0 Å². The van der Waals surface area contributed by atoms with E-state index < -0.39 is 0 Å². The van der Waals surface area contributed by atoms with Gasteiger partial charge in [-0.3, -0.25) is 0 Å². The van der Waals surface area contributed by atoms with Crippen LogP contribution in [0.1, 0.15) is 26.7 Å². The summed E-state index contributed by atoms with van der Waals surface area (Å²) in [5.41, 5.74) is 0. The molecular weight excluding hydrogens is 146 g/mol. The molecule has 0 aromatic rings. The van der Waals surface area contributed by atoms with Gasteiger partial charge in [-0.25, -0.2) is 0 Å². The Kier molecular flexibility index (Phi) is 8.14. The molecule has 0 aliphatic heterocycles. The van der Waals surface area contributed by atoms with Crippen LogP contribution in [0.4, 0.5) is 0 Å². The lowest BCUT2D eigenvalue weighted by molar-refractivity contribution is 0.337. The summed E-state index contributed by atoms with van der Waals surface area (Å²) in [7, 11) is 0. The molecule has 1 nitrogen and oxygen atoms in total. The third-order valence-electron chi connectivity index (χ3n) is 1.96. The second-order valence-electron chi connectivity index (χ2n) is 2.82. The third-order valence-corrected chi connectivity index (χ3v) is 1.96. The molecule has 0 atom stereocenters. The highest BCUT2D eigenvalue weighted by Crippen LogP contribution is 1.93. The summed E-state index contributed by atoms with van der Waals surface area (Å²) in [5.74, 6) is 0. The fraction of sp³-hybridized carbons (Fsp3) is 0.636. The van der Waals surface area contributed by atoms with E-state index in [2.05, 4.69) is 37.5 Å². The van der Waals surface area contributed by atoms with Crippen molar-refractivity contribution in [1.29, 1.82) is 0 Å². The molecule has 0 rings (SSSR count). The van der Waals surface area contributed by atoms with Crippen LogP contribution in [-0.2, 0) is 0 Å². The highest BCUT2D eigenvalue weighted by atomic mass is 15.1. The zero-order chi connectivity index (χ0) is 9.23. The lowest BCUT2D eigenvalue weighted by Gasteiger charge is -2.14. The van der Waals surface area contributed by atoms with E-state index in [-0.39, 0.29) is 0 Å².